The van der Waals surface area contributed by atoms with Gasteiger partial charge in [-0.2, -0.15) is 0 Å². The molecule has 0 atom stereocenters. The fourth-order valence-corrected chi connectivity index (χ4v) is 2.89. The highest BCUT2D eigenvalue weighted by Gasteiger charge is 2.38. The van der Waals surface area contributed by atoms with Crippen LogP contribution >= 0.6 is 0 Å². The summed E-state index contributed by atoms with van der Waals surface area (Å²) in [6.45, 7) is 2.55. The molecule has 0 spiro atoms. The van der Waals surface area contributed by atoms with Crippen molar-refractivity contribution < 1.29 is 4.79 Å². The Labute approximate surface area is 109 Å². The van der Waals surface area contributed by atoms with E-state index in [1.807, 2.05) is 31.3 Å². The largest absolute Gasteiger partial charge is 0.326 e. The van der Waals surface area contributed by atoms with Gasteiger partial charge in [-0.15, -0.1) is 0 Å². The first-order chi connectivity index (χ1) is 8.58. The Morgan fingerprint density at radius 1 is 1.33 bits per heavy atom. The van der Waals surface area contributed by atoms with Crippen LogP contribution in [-0.2, 0) is 11.3 Å². The van der Waals surface area contributed by atoms with Gasteiger partial charge in [0, 0.05) is 24.7 Å². The third-order valence-electron chi connectivity index (χ3n) is 4.10. The second kappa shape index (κ2) is 5.11. The Balaban J connectivity index is 2.25. The first-order valence-corrected chi connectivity index (χ1v) is 6.64. The number of anilines is 1. The number of carbonyl (C=O) groups is 1. The van der Waals surface area contributed by atoms with Crippen molar-refractivity contribution >= 4 is 11.6 Å². The summed E-state index contributed by atoms with van der Waals surface area (Å²) in [4.78, 5) is 14.4. The van der Waals surface area contributed by atoms with E-state index < -0.39 is 0 Å². The molecule has 3 heteroatoms. The summed E-state index contributed by atoms with van der Waals surface area (Å²) in [6.07, 6.45) is 4.32. The molecule has 3 nitrogen and oxygen atoms in total. The molecule has 0 radical (unpaired) electrons. The van der Waals surface area contributed by atoms with E-state index in [0.29, 0.717) is 6.54 Å². The Bertz CT molecular complexity index is 436. The highest BCUT2D eigenvalue weighted by atomic mass is 16.2. The van der Waals surface area contributed by atoms with Crippen molar-refractivity contribution in [2.75, 3.05) is 11.9 Å². The van der Waals surface area contributed by atoms with E-state index in [0.717, 1.165) is 36.9 Å². The van der Waals surface area contributed by atoms with Crippen molar-refractivity contribution in [3.8, 4) is 0 Å². The fraction of sp³-hybridized carbons (Fsp3) is 0.533. The molecule has 18 heavy (non-hydrogen) atoms. The zero-order valence-electron chi connectivity index (χ0n) is 11.3. The first kappa shape index (κ1) is 13.1. The number of hydrogen-bond acceptors (Lipinski definition) is 2. The zero-order valence-corrected chi connectivity index (χ0v) is 11.3. The summed E-state index contributed by atoms with van der Waals surface area (Å²) in [7, 11) is 1.86. The van der Waals surface area contributed by atoms with Crippen molar-refractivity contribution in [3.05, 3.63) is 29.8 Å². The average Bonchev–Trinajstić information content (AvgIpc) is 2.85. The van der Waals surface area contributed by atoms with E-state index in [4.69, 9.17) is 5.73 Å². The number of para-hydroxylation sites is 1. The van der Waals surface area contributed by atoms with Crippen LogP contribution in [0.5, 0.6) is 0 Å². The quantitative estimate of drug-likeness (QED) is 0.891. The van der Waals surface area contributed by atoms with E-state index in [1.165, 1.54) is 0 Å². The monoisotopic (exact) mass is 246 g/mol. The van der Waals surface area contributed by atoms with Gasteiger partial charge < -0.3 is 10.6 Å². The van der Waals surface area contributed by atoms with E-state index in [-0.39, 0.29) is 11.3 Å². The lowest BCUT2D eigenvalue weighted by molar-refractivity contribution is -0.126. The lowest BCUT2D eigenvalue weighted by Gasteiger charge is -2.30. The molecule has 98 valence electrons. The minimum atomic E-state index is -0.184. The molecule has 1 aliphatic carbocycles. The highest BCUT2D eigenvalue weighted by molar-refractivity contribution is 5.97. The molecule has 0 aliphatic heterocycles. The fourth-order valence-electron chi connectivity index (χ4n) is 2.89. The number of rotatable bonds is 3. The summed E-state index contributed by atoms with van der Waals surface area (Å²) >= 11 is 0. The number of nitrogens with two attached hydrogens (primary N) is 1. The molecule has 0 bridgehead atoms. The standard InChI is InChI=1S/C15H22N2O/c1-15(9-5-6-10-15)14(18)17(2)13-8-4-3-7-12(13)11-16/h3-4,7-8H,5-6,9-11,16H2,1-2H3. The molecule has 0 heterocycles. The molecule has 0 unspecified atom stereocenters. The smallest absolute Gasteiger partial charge is 0.232 e. The maximum atomic E-state index is 12.6. The van der Waals surface area contributed by atoms with Gasteiger partial charge in [-0.25, -0.2) is 0 Å². The Hall–Kier alpha value is -1.35. The second-order valence-electron chi connectivity index (χ2n) is 5.46. The van der Waals surface area contributed by atoms with Gasteiger partial charge in [0.15, 0.2) is 0 Å². The van der Waals surface area contributed by atoms with Gasteiger partial charge in [-0.3, -0.25) is 4.79 Å². The predicted molar refractivity (Wildman–Crippen MR) is 74.3 cm³/mol. The molecule has 1 aromatic carbocycles. The van der Waals surface area contributed by atoms with Crippen molar-refractivity contribution in [3.63, 3.8) is 0 Å². The predicted octanol–water partition coefficient (Wildman–Crippen LogP) is 2.69. The lowest BCUT2D eigenvalue weighted by atomic mass is 9.87. The Morgan fingerprint density at radius 3 is 2.56 bits per heavy atom. The summed E-state index contributed by atoms with van der Waals surface area (Å²) < 4.78 is 0. The topological polar surface area (TPSA) is 46.3 Å². The van der Waals surface area contributed by atoms with Crippen LogP contribution in [0.15, 0.2) is 24.3 Å². The highest BCUT2D eigenvalue weighted by Crippen LogP contribution is 2.40. The Morgan fingerprint density at radius 2 is 1.94 bits per heavy atom. The number of carbonyl (C=O) groups excluding carboxylic acids is 1. The van der Waals surface area contributed by atoms with Crippen molar-refractivity contribution in [2.45, 2.75) is 39.2 Å². The molecule has 1 saturated carbocycles. The van der Waals surface area contributed by atoms with Gasteiger partial charge in [-0.1, -0.05) is 38.0 Å². The second-order valence-corrected chi connectivity index (χ2v) is 5.46. The van der Waals surface area contributed by atoms with Gasteiger partial charge >= 0.3 is 0 Å². The van der Waals surface area contributed by atoms with E-state index in [2.05, 4.69) is 6.92 Å². The molecule has 2 rings (SSSR count). The third kappa shape index (κ3) is 2.27. The minimum absolute atomic E-state index is 0.184. The lowest BCUT2D eigenvalue weighted by Crippen LogP contribution is -2.39. The zero-order chi connectivity index (χ0) is 13.2. The molecule has 1 aromatic rings. The van der Waals surface area contributed by atoms with E-state index >= 15 is 0 Å². The van der Waals surface area contributed by atoms with Crippen molar-refractivity contribution in [1.29, 1.82) is 0 Å². The summed E-state index contributed by atoms with van der Waals surface area (Å²) in [5.74, 6) is 0.223. The van der Waals surface area contributed by atoms with Crippen molar-refractivity contribution in [1.82, 2.24) is 0 Å². The van der Waals surface area contributed by atoms with Crippen LogP contribution in [0.2, 0.25) is 0 Å². The molecule has 0 aromatic heterocycles. The normalized spacial score (nSPS) is 17.7. The molecule has 1 fully saturated rings. The number of benzene rings is 1. The molecular weight excluding hydrogens is 224 g/mol. The minimum Gasteiger partial charge on any atom is -0.326 e. The molecule has 1 amide bonds. The SMILES string of the molecule is CN(C(=O)C1(C)CCCC1)c1ccccc1CN. The van der Waals surface area contributed by atoms with Gasteiger partial charge in [0.25, 0.3) is 0 Å². The molecule has 2 N–H and O–H groups in total. The van der Waals surface area contributed by atoms with Gasteiger partial charge in [0.1, 0.15) is 0 Å². The number of hydrogen-bond donors (Lipinski definition) is 1. The van der Waals surface area contributed by atoms with Gasteiger partial charge in [0.05, 0.1) is 0 Å². The van der Waals surface area contributed by atoms with Crippen molar-refractivity contribution in [2.24, 2.45) is 11.1 Å². The number of nitrogens with zero attached hydrogens (tertiary/aromatic N) is 1. The first-order valence-electron chi connectivity index (χ1n) is 6.64. The van der Waals surface area contributed by atoms with Crippen LogP contribution in [0.4, 0.5) is 5.69 Å². The third-order valence-corrected chi connectivity index (χ3v) is 4.10. The summed E-state index contributed by atoms with van der Waals surface area (Å²) in [5.41, 5.74) is 7.52. The Kier molecular flexibility index (Phi) is 3.71. The van der Waals surface area contributed by atoms with E-state index in [1.54, 1.807) is 4.90 Å². The van der Waals surface area contributed by atoms with Crippen LogP contribution in [0.1, 0.15) is 38.2 Å². The van der Waals surface area contributed by atoms with Crippen LogP contribution < -0.4 is 10.6 Å². The molecule has 1 aliphatic rings. The summed E-state index contributed by atoms with van der Waals surface area (Å²) in [6, 6.07) is 7.87. The van der Waals surface area contributed by atoms with Crippen LogP contribution in [0.25, 0.3) is 0 Å². The maximum Gasteiger partial charge on any atom is 0.232 e. The van der Waals surface area contributed by atoms with Crippen LogP contribution in [-0.4, -0.2) is 13.0 Å². The van der Waals surface area contributed by atoms with Gasteiger partial charge in [-0.05, 0) is 24.5 Å². The number of amides is 1. The van der Waals surface area contributed by atoms with Gasteiger partial charge in [0.2, 0.25) is 5.91 Å². The van der Waals surface area contributed by atoms with Crippen LogP contribution in [0, 0.1) is 5.41 Å². The maximum absolute atomic E-state index is 12.6. The molecule has 0 saturated heterocycles. The summed E-state index contributed by atoms with van der Waals surface area (Å²) in [5, 5.41) is 0. The van der Waals surface area contributed by atoms with Crippen LogP contribution in [0.3, 0.4) is 0 Å². The average molecular weight is 246 g/mol. The van der Waals surface area contributed by atoms with E-state index in [9.17, 15) is 4.79 Å². The molecular formula is C15H22N2O.